The Morgan fingerprint density at radius 3 is 1.93 bits per heavy atom. The molecule has 29 heavy (non-hydrogen) atoms. The van der Waals surface area contributed by atoms with Crippen molar-refractivity contribution in [2.75, 3.05) is 13.2 Å². The standard InChI is InChI=1S/C23H28O6/c1-2-13-26-23-22(28-16-18-11-7-4-8-12-18)21(20(25)19(14-24)29-23)27-15-17-9-5-3-6-10-17/h2-12,19-25H,1,13-16H2. The van der Waals surface area contributed by atoms with Gasteiger partial charge in [0, 0.05) is 0 Å². The lowest BCUT2D eigenvalue weighted by atomic mass is 9.98. The lowest BCUT2D eigenvalue weighted by Gasteiger charge is -2.43. The highest BCUT2D eigenvalue weighted by atomic mass is 16.7. The Balaban J connectivity index is 1.77. The Kier molecular flexibility index (Phi) is 8.37. The number of aliphatic hydroxyl groups is 2. The maximum atomic E-state index is 10.8. The molecule has 2 aromatic carbocycles. The van der Waals surface area contributed by atoms with Crippen LogP contribution < -0.4 is 0 Å². The molecule has 0 amide bonds. The molecule has 1 aliphatic rings. The van der Waals surface area contributed by atoms with Gasteiger partial charge >= 0.3 is 0 Å². The average Bonchev–Trinajstić information content (AvgIpc) is 2.77. The molecule has 1 heterocycles. The van der Waals surface area contributed by atoms with Crippen molar-refractivity contribution in [3.8, 4) is 0 Å². The van der Waals surface area contributed by atoms with Crippen LogP contribution >= 0.6 is 0 Å². The van der Waals surface area contributed by atoms with Gasteiger partial charge in [-0.05, 0) is 11.1 Å². The minimum atomic E-state index is -1.06. The second-order valence-electron chi connectivity index (χ2n) is 6.86. The molecule has 2 N–H and O–H groups in total. The van der Waals surface area contributed by atoms with Crippen LogP contribution in [0.25, 0.3) is 0 Å². The molecule has 0 aromatic heterocycles. The quantitative estimate of drug-likeness (QED) is 0.597. The van der Waals surface area contributed by atoms with Crippen molar-refractivity contribution in [1.82, 2.24) is 0 Å². The van der Waals surface area contributed by atoms with Crippen molar-refractivity contribution in [1.29, 1.82) is 0 Å². The molecule has 0 bridgehead atoms. The number of ether oxygens (including phenoxy) is 4. The molecule has 2 aromatic rings. The second-order valence-corrected chi connectivity index (χ2v) is 6.86. The summed E-state index contributed by atoms with van der Waals surface area (Å²) in [5.74, 6) is 0. The van der Waals surface area contributed by atoms with Crippen molar-refractivity contribution in [2.45, 2.75) is 43.9 Å². The molecular formula is C23H28O6. The maximum Gasteiger partial charge on any atom is 0.187 e. The van der Waals surface area contributed by atoms with Crippen molar-refractivity contribution < 1.29 is 29.2 Å². The molecule has 6 heteroatoms. The van der Waals surface area contributed by atoms with E-state index >= 15 is 0 Å². The zero-order chi connectivity index (χ0) is 20.5. The molecule has 1 aliphatic heterocycles. The third-order valence-corrected chi connectivity index (χ3v) is 4.75. The van der Waals surface area contributed by atoms with Crippen LogP contribution in [0.15, 0.2) is 73.3 Å². The van der Waals surface area contributed by atoms with Gasteiger partial charge in [-0.25, -0.2) is 0 Å². The largest absolute Gasteiger partial charge is 0.394 e. The predicted octanol–water partition coefficient (Wildman–Crippen LogP) is 2.44. The second kappa shape index (κ2) is 11.2. The Labute approximate surface area is 171 Å². The summed E-state index contributed by atoms with van der Waals surface area (Å²) in [5, 5.41) is 20.4. The van der Waals surface area contributed by atoms with E-state index in [9.17, 15) is 10.2 Å². The van der Waals surface area contributed by atoms with Gasteiger partial charge in [0.2, 0.25) is 0 Å². The van der Waals surface area contributed by atoms with Gasteiger partial charge in [0.1, 0.15) is 24.4 Å². The molecule has 0 saturated carbocycles. The van der Waals surface area contributed by atoms with E-state index in [0.717, 1.165) is 11.1 Å². The lowest BCUT2D eigenvalue weighted by Crippen LogP contribution is -2.60. The van der Waals surface area contributed by atoms with Crippen molar-refractivity contribution in [3.63, 3.8) is 0 Å². The zero-order valence-corrected chi connectivity index (χ0v) is 16.3. The zero-order valence-electron chi connectivity index (χ0n) is 16.3. The van der Waals surface area contributed by atoms with Crippen LogP contribution in [0.1, 0.15) is 11.1 Å². The highest BCUT2D eigenvalue weighted by molar-refractivity contribution is 5.14. The number of hydrogen-bond acceptors (Lipinski definition) is 6. The molecule has 0 radical (unpaired) electrons. The molecule has 3 rings (SSSR count). The third kappa shape index (κ3) is 5.96. The SMILES string of the molecule is C=CCOC1OC(CO)C(O)C(OCc2ccccc2)C1OCc1ccccc1. The first kappa shape index (κ1) is 21.6. The Bertz CT molecular complexity index is 723. The molecule has 5 unspecified atom stereocenters. The van der Waals surface area contributed by atoms with E-state index in [1.165, 1.54) is 0 Å². The number of rotatable bonds is 10. The molecular weight excluding hydrogens is 372 g/mol. The van der Waals surface area contributed by atoms with E-state index in [0.29, 0.717) is 13.2 Å². The van der Waals surface area contributed by atoms with Gasteiger partial charge in [0.05, 0.1) is 26.4 Å². The lowest BCUT2D eigenvalue weighted by molar-refractivity contribution is -0.317. The van der Waals surface area contributed by atoms with Gasteiger partial charge in [-0.15, -0.1) is 6.58 Å². The van der Waals surface area contributed by atoms with Crippen LogP contribution in [0.4, 0.5) is 0 Å². The van der Waals surface area contributed by atoms with E-state index in [1.54, 1.807) is 6.08 Å². The fourth-order valence-corrected chi connectivity index (χ4v) is 3.24. The molecule has 156 valence electrons. The van der Waals surface area contributed by atoms with Crippen LogP contribution in [-0.4, -0.2) is 54.1 Å². The minimum Gasteiger partial charge on any atom is -0.394 e. The van der Waals surface area contributed by atoms with Gasteiger partial charge < -0.3 is 29.2 Å². The van der Waals surface area contributed by atoms with Crippen molar-refractivity contribution in [3.05, 3.63) is 84.4 Å². The number of hydrogen-bond donors (Lipinski definition) is 2. The summed E-state index contributed by atoms with van der Waals surface area (Å²) in [6.45, 7) is 4.15. The smallest absolute Gasteiger partial charge is 0.187 e. The first-order valence-electron chi connectivity index (χ1n) is 9.71. The van der Waals surface area contributed by atoms with Gasteiger partial charge in [-0.3, -0.25) is 0 Å². The Hall–Kier alpha value is -2.06. The third-order valence-electron chi connectivity index (χ3n) is 4.75. The molecule has 0 aliphatic carbocycles. The Morgan fingerprint density at radius 2 is 1.41 bits per heavy atom. The van der Waals surface area contributed by atoms with E-state index in [2.05, 4.69) is 6.58 Å². The highest BCUT2D eigenvalue weighted by Crippen LogP contribution is 2.28. The van der Waals surface area contributed by atoms with E-state index < -0.39 is 30.7 Å². The summed E-state index contributed by atoms with van der Waals surface area (Å²) in [6.07, 6.45) is -2.51. The number of benzene rings is 2. The summed E-state index contributed by atoms with van der Waals surface area (Å²) in [6, 6.07) is 19.4. The van der Waals surface area contributed by atoms with Crippen LogP contribution in [0.5, 0.6) is 0 Å². The molecule has 0 spiro atoms. The van der Waals surface area contributed by atoms with E-state index in [4.69, 9.17) is 18.9 Å². The Morgan fingerprint density at radius 1 is 0.862 bits per heavy atom. The summed E-state index contributed by atoms with van der Waals surface area (Å²) in [4.78, 5) is 0. The highest BCUT2D eigenvalue weighted by Gasteiger charge is 2.47. The first-order chi connectivity index (χ1) is 14.2. The van der Waals surface area contributed by atoms with Crippen molar-refractivity contribution >= 4 is 0 Å². The van der Waals surface area contributed by atoms with E-state index in [1.807, 2.05) is 60.7 Å². The predicted molar refractivity (Wildman–Crippen MR) is 108 cm³/mol. The van der Waals surface area contributed by atoms with Gasteiger partial charge in [0.15, 0.2) is 6.29 Å². The summed E-state index contributed by atoms with van der Waals surface area (Å²) >= 11 is 0. The minimum absolute atomic E-state index is 0.246. The summed E-state index contributed by atoms with van der Waals surface area (Å²) < 4.78 is 23.6. The molecule has 5 atom stereocenters. The van der Waals surface area contributed by atoms with Crippen LogP contribution in [0, 0.1) is 0 Å². The van der Waals surface area contributed by atoms with Gasteiger partial charge in [0.25, 0.3) is 0 Å². The van der Waals surface area contributed by atoms with Gasteiger partial charge in [-0.1, -0.05) is 66.7 Å². The van der Waals surface area contributed by atoms with Crippen LogP contribution in [-0.2, 0) is 32.2 Å². The summed E-state index contributed by atoms with van der Waals surface area (Å²) in [5.41, 5.74) is 1.95. The van der Waals surface area contributed by atoms with Crippen LogP contribution in [0.3, 0.4) is 0 Å². The molecule has 6 nitrogen and oxygen atoms in total. The van der Waals surface area contributed by atoms with Gasteiger partial charge in [-0.2, -0.15) is 0 Å². The average molecular weight is 400 g/mol. The topological polar surface area (TPSA) is 77.4 Å². The first-order valence-corrected chi connectivity index (χ1v) is 9.71. The summed E-state index contributed by atoms with van der Waals surface area (Å²) in [7, 11) is 0. The monoisotopic (exact) mass is 400 g/mol. The fourth-order valence-electron chi connectivity index (χ4n) is 3.24. The van der Waals surface area contributed by atoms with Crippen molar-refractivity contribution in [2.24, 2.45) is 0 Å². The fraction of sp³-hybridized carbons (Fsp3) is 0.391. The molecule has 1 fully saturated rings. The normalized spacial score (nSPS) is 26.9. The van der Waals surface area contributed by atoms with Crippen LogP contribution in [0.2, 0.25) is 0 Å². The number of aliphatic hydroxyl groups excluding tert-OH is 2. The van der Waals surface area contributed by atoms with E-state index in [-0.39, 0.29) is 13.2 Å². The molecule has 1 saturated heterocycles. The maximum absolute atomic E-state index is 10.8.